The molecule has 22 heavy (non-hydrogen) atoms. The highest BCUT2D eigenvalue weighted by molar-refractivity contribution is 7.14. The Bertz CT molecular complexity index is 586. The number of amides is 2. The van der Waals surface area contributed by atoms with Crippen molar-refractivity contribution >= 4 is 34.3 Å². The van der Waals surface area contributed by atoms with Crippen LogP contribution in [0.4, 0.5) is 5.13 Å². The van der Waals surface area contributed by atoms with E-state index in [1.165, 1.54) is 16.2 Å². The zero-order chi connectivity index (χ0) is 16.3. The number of likely N-dealkylation sites (N-methyl/N-ethyl adjacent to an activating group) is 1. The van der Waals surface area contributed by atoms with Crippen LogP contribution in [-0.4, -0.2) is 52.9 Å². The van der Waals surface area contributed by atoms with Crippen molar-refractivity contribution < 1.29 is 19.5 Å². The summed E-state index contributed by atoms with van der Waals surface area (Å²) >= 11 is 1.35. The number of anilines is 1. The molecular weight excluding hydrogens is 306 g/mol. The fourth-order valence-corrected chi connectivity index (χ4v) is 3.10. The smallest absolute Gasteiger partial charge is 0.308 e. The van der Waals surface area contributed by atoms with Gasteiger partial charge in [-0.15, -0.1) is 11.3 Å². The number of carboxylic acids is 1. The number of carbonyl (C=O) groups is 3. The lowest BCUT2D eigenvalue weighted by molar-refractivity contribution is -0.142. The van der Waals surface area contributed by atoms with E-state index in [2.05, 4.69) is 4.98 Å². The van der Waals surface area contributed by atoms with Crippen LogP contribution in [0.5, 0.6) is 0 Å². The molecule has 2 amide bonds. The molecule has 1 aromatic heterocycles. The molecule has 8 heteroatoms. The lowest BCUT2D eigenvalue weighted by Gasteiger charge is -2.19. The van der Waals surface area contributed by atoms with Gasteiger partial charge in [0, 0.05) is 31.9 Å². The van der Waals surface area contributed by atoms with Gasteiger partial charge < -0.3 is 10.0 Å². The maximum absolute atomic E-state index is 12.1. The summed E-state index contributed by atoms with van der Waals surface area (Å²) in [5.41, 5.74) is 0.611. The molecule has 0 saturated carbocycles. The summed E-state index contributed by atoms with van der Waals surface area (Å²) in [5.74, 6) is -1.65. The molecule has 0 aromatic carbocycles. The van der Waals surface area contributed by atoms with E-state index < -0.39 is 11.9 Å². The minimum absolute atomic E-state index is 0.0691. The van der Waals surface area contributed by atoms with E-state index in [4.69, 9.17) is 5.11 Å². The first-order valence-electron chi connectivity index (χ1n) is 7.10. The predicted octanol–water partition coefficient (Wildman–Crippen LogP) is 0.991. The van der Waals surface area contributed by atoms with Gasteiger partial charge in [-0.05, 0) is 6.42 Å². The highest BCUT2D eigenvalue weighted by atomic mass is 32.1. The normalized spacial score (nSPS) is 15.9. The Morgan fingerprint density at radius 1 is 1.55 bits per heavy atom. The molecule has 1 aliphatic rings. The first kappa shape index (κ1) is 16.4. The van der Waals surface area contributed by atoms with Gasteiger partial charge in [-0.1, -0.05) is 6.92 Å². The number of aromatic nitrogens is 1. The molecule has 7 nitrogen and oxygen atoms in total. The van der Waals surface area contributed by atoms with E-state index in [-0.39, 0.29) is 24.8 Å². The number of carboxylic acid groups (broad SMARTS) is 1. The second-order valence-electron chi connectivity index (χ2n) is 5.46. The fraction of sp³-hybridized carbons (Fsp3) is 0.571. The molecule has 1 aromatic rings. The van der Waals surface area contributed by atoms with Crippen LogP contribution in [0.15, 0.2) is 5.38 Å². The third-order valence-corrected chi connectivity index (χ3v) is 4.48. The van der Waals surface area contributed by atoms with E-state index in [9.17, 15) is 14.4 Å². The van der Waals surface area contributed by atoms with Crippen molar-refractivity contribution in [3.05, 3.63) is 11.1 Å². The van der Waals surface area contributed by atoms with E-state index in [0.717, 1.165) is 6.42 Å². The summed E-state index contributed by atoms with van der Waals surface area (Å²) in [4.78, 5) is 41.9. The highest BCUT2D eigenvalue weighted by Gasteiger charge is 2.25. The van der Waals surface area contributed by atoms with Crippen LogP contribution in [0.3, 0.4) is 0 Å². The van der Waals surface area contributed by atoms with Crippen molar-refractivity contribution in [2.24, 2.45) is 5.92 Å². The van der Waals surface area contributed by atoms with E-state index in [1.54, 1.807) is 24.3 Å². The van der Waals surface area contributed by atoms with E-state index in [1.807, 2.05) is 0 Å². The van der Waals surface area contributed by atoms with Gasteiger partial charge in [-0.25, -0.2) is 4.98 Å². The summed E-state index contributed by atoms with van der Waals surface area (Å²) < 4.78 is 0. The lowest BCUT2D eigenvalue weighted by atomic mass is 10.1. The SMILES string of the molecule is CC(CN(C)C(=O)Cc1csc(N2CCCC2=O)n1)C(=O)O. The Morgan fingerprint density at radius 2 is 2.27 bits per heavy atom. The van der Waals surface area contributed by atoms with Gasteiger partial charge in [0.1, 0.15) is 0 Å². The summed E-state index contributed by atoms with van der Waals surface area (Å²) in [6.45, 7) is 2.40. The zero-order valence-corrected chi connectivity index (χ0v) is 13.4. The summed E-state index contributed by atoms with van der Waals surface area (Å²) in [6, 6.07) is 0. The molecule has 0 spiro atoms. The second-order valence-corrected chi connectivity index (χ2v) is 6.30. The molecule has 1 unspecified atom stereocenters. The van der Waals surface area contributed by atoms with Crippen LogP contribution >= 0.6 is 11.3 Å². The number of hydrogen-bond donors (Lipinski definition) is 1. The molecule has 1 saturated heterocycles. The zero-order valence-electron chi connectivity index (χ0n) is 12.6. The van der Waals surface area contributed by atoms with Gasteiger partial charge >= 0.3 is 5.97 Å². The van der Waals surface area contributed by atoms with E-state index in [0.29, 0.717) is 23.8 Å². The molecule has 2 heterocycles. The largest absolute Gasteiger partial charge is 0.481 e. The minimum Gasteiger partial charge on any atom is -0.481 e. The second kappa shape index (κ2) is 6.87. The Kier molecular flexibility index (Phi) is 5.12. The van der Waals surface area contributed by atoms with Gasteiger partial charge in [0.2, 0.25) is 11.8 Å². The predicted molar refractivity (Wildman–Crippen MR) is 81.8 cm³/mol. The van der Waals surface area contributed by atoms with Crippen LogP contribution in [0.2, 0.25) is 0 Å². The van der Waals surface area contributed by atoms with Crippen LogP contribution in [0, 0.1) is 5.92 Å². The fourth-order valence-electron chi connectivity index (χ4n) is 2.23. The molecule has 2 rings (SSSR count). The Labute approximate surface area is 132 Å². The van der Waals surface area contributed by atoms with Crippen LogP contribution in [-0.2, 0) is 20.8 Å². The minimum atomic E-state index is -0.928. The molecule has 120 valence electrons. The van der Waals surface area contributed by atoms with Gasteiger partial charge in [0.25, 0.3) is 0 Å². The summed E-state index contributed by atoms with van der Waals surface area (Å²) in [5, 5.41) is 11.3. The maximum Gasteiger partial charge on any atom is 0.308 e. The molecule has 1 fully saturated rings. The summed E-state index contributed by atoms with van der Waals surface area (Å²) in [6.07, 6.45) is 1.49. The molecule has 0 aliphatic carbocycles. The Morgan fingerprint density at radius 3 is 2.86 bits per heavy atom. The molecule has 0 radical (unpaired) electrons. The maximum atomic E-state index is 12.1. The van der Waals surface area contributed by atoms with Crippen molar-refractivity contribution in [2.45, 2.75) is 26.2 Å². The number of nitrogens with zero attached hydrogens (tertiary/aromatic N) is 3. The van der Waals surface area contributed by atoms with E-state index >= 15 is 0 Å². The third kappa shape index (κ3) is 3.82. The highest BCUT2D eigenvalue weighted by Crippen LogP contribution is 2.25. The number of aliphatic carboxylic acids is 1. The standard InChI is InChI=1S/C14H19N3O4S/c1-9(13(20)21)7-16(2)12(19)6-10-8-22-14(15-10)17-5-3-4-11(17)18/h8-9H,3-7H2,1-2H3,(H,20,21). The first-order valence-corrected chi connectivity index (χ1v) is 7.98. The van der Waals surface area contributed by atoms with Crippen LogP contribution in [0.1, 0.15) is 25.5 Å². The number of thiazole rings is 1. The topological polar surface area (TPSA) is 90.8 Å². The third-order valence-electron chi connectivity index (χ3n) is 3.57. The van der Waals surface area contributed by atoms with Gasteiger partial charge in [0.05, 0.1) is 18.0 Å². The van der Waals surface area contributed by atoms with Crippen molar-refractivity contribution in [3.8, 4) is 0 Å². The molecule has 1 aliphatic heterocycles. The molecule has 0 bridgehead atoms. The first-order chi connectivity index (χ1) is 10.4. The average Bonchev–Trinajstić information content (AvgIpc) is 3.07. The van der Waals surface area contributed by atoms with Crippen LogP contribution in [0.25, 0.3) is 0 Å². The number of hydrogen-bond acceptors (Lipinski definition) is 5. The number of carbonyl (C=O) groups excluding carboxylic acids is 2. The lowest BCUT2D eigenvalue weighted by Crippen LogP contribution is -2.34. The molecule has 1 atom stereocenters. The van der Waals surface area contributed by atoms with Crippen molar-refractivity contribution in [1.82, 2.24) is 9.88 Å². The van der Waals surface area contributed by atoms with Crippen molar-refractivity contribution in [3.63, 3.8) is 0 Å². The number of rotatable bonds is 6. The summed E-state index contributed by atoms with van der Waals surface area (Å²) in [7, 11) is 1.58. The van der Waals surface area contributed by atoms with Crippen LogP contribution < -0.4 is 4.90 Å². The van der Waals surface area contributed by atoms with Gasteiger partial charge in [0.15, 0.2) is 5.13 Å². The Balaban J connectivity index is 1.93. The van der Waals surface area contributed by atoms with Crippen molar-refractivity contribution in [1.29, 1.82) is 0 Å². The average molecular weight is 325 g/mol. The molecular formula is C14H19N3O4S. The monoisotopic (exact) mass is 325 g/mol. The van der Waals surface area contributed by atoms with Crippen molar-refractivity contribution in [2.75, 3.05) is 25.0 Å². The van der Waals surface area contributed by atoms with Gasteiger partial charge in [-0.2, -0.15) is 0 Å². The van der Waals surface area contributed by atoms with Gasteiger partial charge in [-0.3, -0.25) is 19.3 Å². The quantitative estimate of drug-likeness (QED) is 0.842. The molecule has 1 N–H and O–H groups in total. The Hall–Kier alpha value is -1.96.